The Hall–Kier alpha value is -2.04. The molecule has 0 unspecified atom stereocenters. The Labute approximate surface area is 143 Å². The predicted molar refractivity (Wildman–Crippen MR) is 92.4 cm³/mol. The number of carbonyl (C=O) groups excluding carboxylic acids is 1. The van der Waals surface area contributed by atoms with Gasteiger partial charge in [0.1, 0.15) is 5.75 Å². The van der Waals surface area contributed by atoms with Crippen molar-refractivity contribution >= 4 is 11.9 Å². The highest BCUT2D eigenvalue weighted by Crippen LogP contribution is 2.33. The number of hydrogen-bond donors (Lipinski definition) is 2. The van der Waals surface area contributed by atoms with Crippen LogP contribution >= 0.6 is 0 Å². The smallest absolute Gasteiger partial charge is 0.305 e. The van der Waals surface area contributed by atoms with E-state index >= 15 is 0 Å². The Morgan fingerprint density at radius 2 is 1.96 bits per heavy atom. The summed E-state index contributed by atoms with van der Waals surface area (Å²) in [4.78, 5) is 23.4. The Morgan fingerprint density at radius 3 is 2.54 bits per heavy atom. The molecule has 1 aliphatic carbocycles. The fourth-order valence-corrected chi connectivity index (χ4v) is 3.41. The number of amides is 1. The van der Waals surface area contributed by atoms with Crippen molar-refractivity contribution in [3.05, 3.63) is 29.3 Å². The number of hydrogen-bond acceptors (Lipinski definition) is 3. The molecule has 0 aromatic heterocycles. The summed E-state index contributed by atoms with van der Waals surface area (Å²) in [5.41, 5.74) is 1.53. The molecule has 0 atom stereocenters. The van der Waals surface area contributed by atoms with Crippen LogP contribution in [-0.2, 0) is 9.59 Å². The average Bonchev–Trinajstić information content (AvgIpc) is 2.92. The Morgan fingerprint density at radius 1 is 1.29 bits per heavy atom. The lowest BCUT2D eigenvalue weighted by Crippen LogP contribution is -2.49. The van der Waals surface area contributed by atoms with Crippen molar-refractivity contribution in [3.8, 4) is 5.75 Å². The van der Waals surface area contributed by atoms with Crippen LogP contribution in [0.5, 0.6) is 5.75 Å². The van der Waals surface area contributed by atoms with E-state index in [4.69, 9.17) is 9.84 Å². The molecule has 5 nitrogen and oxygen atoms in total. The second kappa shape index (κ2) is 7.69. The molecule has 1 aromatic carbocycles. The van der Waals surface area contributed by atoms with E-state index < -0.39 is 11.5 Å². The van der Waals surface area contributed by atoms with Crippen molar-refractivity contribution in [1.82, 2.24) is 5.32 Å². The highest BCUT2D eigenvalue weighted by Gasteiger charge is 2.37. The van der Waals surface area contributed by atoms with Gasteiger partial charge in [0.15, 0.2) is 6.61 Å². The van der Waals surface area contributed by atoms with Gasteiger partial charge in [-0.3, -0.25) is 9.59 Å². The summed E-state index contributed by atoms with van der Waals surface area (Å²) in [6.07, 6.45) is 3.30. The zero-order chi connectivity index (χ0) is 17.7. The summed E-state index contributed by atoms with van der Waals surface area (Å²) < 4.78 is 5.74. The number of ether oxygens (including phenoxy) is 1. The zero-order valence-corrected chi connectivity index (χ0v) is 14.7. The van der Waals surface area contributed by atoms with E-state index in [1.165, 1.54) is 0 Å². The number of aliphatic carboxylic acids is 1. The monoisotopic (exact) mass is 333 g/mol. The van der Waals surface area contributed by atoms with Gasteiger partial charge in [0.05, 0.1) is 12.0 Å². The zero-order valence-electron chi connectivity index (χ0n) is 14.7. The molecule has 1 aliphatic rings. The number of carboxylic acids is 1. The molecule has 0 radical (unpaired) electrons. The maximum absolute atomic E-state index is 12.3. The third-order valence-electron chi connectivity index (χ3n) is 4.60. The van der Waals surface area contributed by atoms with E-state index in [-0.39, 0.29) is 18.9 Å². The standard InChI is InChI=1S/C19H27NO4/c1-13(2)15-7-6-14(3)10-16(15)24-12-17(21)20-19(11-18(22)23)8-4-5-9-19/h6-7,10,13H,4-5,8-9,11-12H2,1-3H3,(H,20,21)(H,22,23). The first-order valence-electron chi connectivity index (χ1n) is 8.57. The maximum atomic E-state index is 12.3. The second-order valence-corrected chi connectivity index (χ2v) is 7.09. The topological polar surface area (TPSA) is 75.6 Å². The molecule has 1 aromatic rings. The van der Waals surface area contributed by atoms with Crippen LogP contribution < -0.4 is 10.1 Å². The molecule has 1 saturated carbocycles. The molecule has 5 heteroatoms. The van der Waals surface area contributed by atoms with Gasteiger partial charge < -0.3 is 15.2 Å². The Kier molecular flexibility index (Phi) is 5.86. The normalized spacial score (nSPS) is 16.2. The molecule has 2 N–H and O–H groups in total. The third kappa shape index (κ3) is 4.73. The van der Waals surface area contributed by atoms with Crippen molar-refractivity contribution in [1.29, 1.82) is 0 Å². The lowest BCUT2D eigenvalue weighted by molar-refractivity contribution is -0.139. The summed E-state index contributed by atoms with van der Waals surface area (Å²) in [6, 6.07) is 5.99. The number of carbonyl (C=O) groups is 2. The van der Waals surface area contributed by atoms with Gasteiger partial charge in [0.25, 0.3) is 5.91 Å². The maximum Gasteiger partial charge on any atom is 0.305 e. The van der Waals surface area contributed by atoms with E-state index in [2.05, 4.69) is 19.2 Å². The predicted octanol–water partition coefficient (Wildman–Crippen LogP) is 3.40. The Bertz CT molecular complexity index is 603. The van der Waals surface area contributed by atoms with Crippen molar-refractivity contribution in [2.75, 3.05) is 6.61 Å². The molecule has 0 heterocycles. The van der Waals surface area contributed by atoms with Crippen LogP contribution in [0.1, 0.15) is 63.0 Å². The summed E-state index contributed by atoms with van der Waals surface area (Å²) >= 11 is 0. The van der Waals surface area contributed by atoms with Gasteiger partial charge in [-0.2, -0.15) is 0 Å². The SMILES string of the molecule is Cc1ccc(C(C)C)c(OCC(=O)NC2(CC(=O)O)CCCC2)c1. The molecule has 0 spiro atoms. The van der Waals surface area contributed by atoms with Gasteiger partial charge in [0.2, 0.25) is 0 Å². The second-order valence-electron chi connectivity index (χ2n) is 7.09. The van der Waals surface area contributed by atoms with Crippen molar-refractivity contribution in [2.24, 2.45) is 0 Å². The van der Waals surface area contributed by atoms with Crippen molar-refractivity contribution in [2.45, 2.75) is 64.3 Å². The number of benzene rings is 1. The van der Waals surface area contributed by atoms with Gasteiger partial charge in [-0.15, -0.1) is 0 Å². The first-order chi connectivity index (χ1) is 11.3. The lowest BCUT2D eigenvalue weighted by Gasteiger charge is -2.28. The van der Waals surface area contributed by atoms with Crippen molar-refractivity contribution in [3.63, 3.8) is 0 Å². The quantitative estimate of drug-likeness (QED) is 0.802. The third-order valence-corrected chi connectivity index (χ3v) is 4.60. The van der Waals surface area contributed by atoms with Crippen LogP contribution in [0.3, 0.4) is 0 Å². The van der Waals surface area contributed by atoms with Crippen molar-refractivity contribution < 1.29 is 19.4 Å². The van der Waals surface area contributed by atoms with Crippen LogP contribution in [0.4, 0.5) is 0 Å². The minimum atomic E-state index is -0.876. The van der Waals surface area contributed by atoms with Gasteiger partial charge >= 0.3 is 5.97 Å². The van der Waals surface area contributed by atoms with Gasteiger partial charge in [-0.1, -0.05) is 38.8 Å². The van der Waals surface area contributed by atoms with Crippen LogP contribution in [-0.4, -0.2) is 29.1 Å². The minimum absolute atomic E-state index is 0.0274. The highest BCUT2D eigenvalue weighted by molar-refractivity contribution is 5.79. The first kappa shape index (κ1) is 18.3. The van der Waals surface area contributed by atoms with Crippen LogP contribution in [0.2, 0.25) is 0 Å². The Balaban J connectivity index is 2.00. The fourth-order valence-electron chi connectivity index (χ4n) is 3.41. The fraction of sp³-hybridized carbons (Fsp3) is 0.579. The van der Waals surface area contributed by atoms with Gasteiger partial charge in [0, 0.05) is 0 Å². The number of carboxylic acid groups (broad SMARTS) is 1. The first-order valence-corrected chi connectivity index (χ1v) is 8.57. The summed E-state index contributed by atoms with van der Waals surface area (Å²) in [5.74, 6) is -0.107. The summed E-state index contributed by atoms with van der Waals surface area (Å²) in [7, 11) is 0. The lowest BCUT2D eigenvalue weighted by atomic mass is 9.93. The number of aryl methyl sites for hydroxylation is 1. The molecule has 1 amide bonds. The van der Waals surface area contributed by atoms with E-state index in [0.29, 0.717) is 18.8 Å². The number of rotatable bonds is 7. The molecule has 0 saturated heterocycles. The van der Waals surface area contributed by atoms with E-state index in [0.717, 1.165) is 29.7 Å². The molecular formula is C19H27NO4. The molecule has 0 bridgehead atoms. The molecular weight excluding hydrogens is 306 g/mol. The summed E-state index contributed by atoms with van der Waals surface area (Å²) in [5, 5.41) is 12.0. The molecule has 2 rings (SSSR count). The summed E-state index contributed by atoms with van der Waals surface area (Å²) in [6.45, 7) is 6.05. The number of nitrogens with one attached hydrogen (secondary N) is 1. The molecule has 24 heavy (non-hydrogen) atoms. The van der Waals surface area contributed by atoms with Gasteiger partial charge in [-0.25, -0.2) is 0 Å². The minimum Gasteiger partial charge on any atom is -0.483 e. The van der Waals surface area contributed by atoms with E-state index in [1.807, 2.05) is 25.1 Å². The van der Waals surface area contributed by atoms with Crippen LogP contribution in [0.25, 0.3) is 0 Å². The van der Waals surface area contributed by atoms with E-state index in [9.17, 15) is 9.59 Å². The van der Waals surface area contributed by atoms with Gasteiger partial charge in [-0.05, 0) is 42.9 Å². The molecule has 1 fully saturated rings. The average molecular weight is 333 g/mol. The van der Waals surface area contributed by atoms with E-state index in [1.54, 1.807) is 0 Å². The molecule has 132 valence electrons. The van der Waals surface area contributed by atoms with Crippen LogP contribution in [0, 0.1) is 6.92 Å². The van der Waals surface area contributed by atoms with Crippen LogP contribution in [0.15, 0.2) is 18.2 Å². The highest BCUT2D eigenvalue weighted by atomic mass is 16.5. The molecule has 0 aliphatic heterocycles. The largest absolute Gasteiger partial charge is 0.483 e.